The van der Waals surface area contributed by atoms with Crippen LogP contribution in [0.25, 0.3) is 22.4 Å². The predicted octanol–water partition coefficient (Wildman–Crippen LogP) is 3.76. The molecule has 1 unspecified atom stereocenters. The zero-order valence-corrected chi connectivity index (χ0v) is 16.6. The molecule has 0 radical (unpaired) electrons. The largest absolute Gasteiger partial charge is 0.339 e. The summed E-state index contributed by atoms with van der Waals surface area (Å²) in [6.45, 7) is 4.66. The summed E-state index contributed by atoms with van der Waals surface area (Å²) in [4.78, 5) is 23.4. The molecule has 0 spiro atoms. The van der Waals surface area contributed by atoms with Crippen molar-refractivity contribution < 1.29 is 9.32 Å². The van der Waals surface area contributed by atoms with Crippen LogP contribution in [0, 0.1) is 13.8 Å². The van der Waals surface area contributed by atoms with Crippen molar-refractivity contribution in [1.82, 2.24) is 19.7 Å². The summed E-state index contributed by atoms with van der Waals surface area (Å²) in [6.07, 6.45) is 2.15. The number of nitrogens with zero attached hydrogens (tertiary/aromatic N) is 5. The Morgan fingerprint density at radius 2 is 1.97 bits per heavy atom. The van der Waals surface area contributed by atoms with E-state index in [0.29, 0.717) is 24.7 Å². The summed E-state index contributed by atoms with van der Waals surface area (Å²) >= 11 is 0. The fraction of sp³-hybridized carbons (Fsp3) is 0.273. The van der Waals surface area contributed by atoms with Gasteiger partial charge in [0.2, 0.25) is 17.6 Å². The molecule has 1 aliphatic heterocycles. The maximum absolute atomic E-state index is 12.6. The minimum Gasteiger partial charge on any atom is -0.339 e. The van der Waals surface area contributed by atoms with Gasteiger partial charge in [-0.05, 0) is 55.3 Å². The van der Waals surface area contributed by atoms with Gasteiger partial charge >= 0.3 is 0 Å². The summed E-state index contributed by atoms with van der Waals surface area (Å²) in [5.41, 5.74) is 6.07. The Balaban J connectivity index is 1.40. The van der Waals surface area contributed by atoms with Crippen molar-refractivity contribution in [2.75, 3.05) is 11.4 Å². The number of aromatic nitrogens is 4. The molecule has 4 aromatic rings. The molecule has 7 nitrogen and oxygen atoms in total. The van der Waals surface area contributed by atoms with E-state index in [1.807, 2.05) is 41.9 Å². The minimum absolute atomic E-state index is 0.0768. The molecule has 7 heteroatoms. The van der Waals surface area contributed by atoms with Gasteiger partial charge in [-0.3, -0.25) is 4.79 Å². The number of fused-ring (bicyclic) bond motifs is 1. The fourth-order valence-electron chi connectivity index (χ4n) is 3.81. The van der Waals surface area contributed by atoms with Crippen LogP contribution < -0.4 is 4.90 Å². The Hall–Kier alpha value is -3.48. The number of anilines is 1. The second-order valence-electron chi connectivity index (χ2n) is 7.69. The highest BCUT2D eigenvalue weighted by Gasteiger charge is 2.35. The second kappa shape index (κ2) is 6.55. The van der Waals surface area contributed by atoms with Crippen LogP contribution in [0.5, 0.6) is 0 Å². The van der Waals surface area contributed by atoms with Crippen LogP contribution >= 0.6 is 0 Å². The second-order valence-corrected chi connectivity index (χ2v) is 7.69. The van der Waals surface area contributed by atoms with Crippen molar-refractivity contribution in [2.24, 2.45) is 7.05 Å². The van der Waals surface area contributed by atoms with Crippen molar-refractivity contribution in [3.8, 4) is 11.4 Å². The third-order valence-electron chi connectivity index (χ3n) is 5.70. The molecular formula is C22H21N5O2. The molecule has 1 atom stereocenters. The summed E-state index contributed by atoms with van der Waals surface area (Å²) in [7, 11) is 1.96. The molecule has 2 aromatic heterocycles. The molecular weight excluding hydrogens is 366 g/mol. The van der Waals surface area contributed by atoms with Crippen LogP contribution in [-0.2, 0) is 11.8 Å². The van der Waals surface area contributed by atoms with Gasteiger partial charge in [-0.1, -0.05) is 11.2 Å². The van der Waals surface area contributed by atoms with Crippen molar-refractivity contribution in [2.45, 2.75) is 26.2 Å². The van der Waals surface area contributed by atoms with E-state index in [2.05, 4.69) is 35.0 Å². The normalized spacial score (nSPS) is 16.9. The average Bonchev–Trinajstić information content (AvgIpc) is 3.43. The summed E-state index contributed by atoms with van der Waals surface area (Å²) in [5, 5.41) is 4.14. The molecule has 5 rings (SSSR count). The van der Waals surface area contributed by atoms with Crippen molar-refractivity contribution in [3.63, 3.8) is 0 Å². The van der Waals surface area contributed by atoms with Gasteiger partial charge in [-0.25, -0.2) is 4.98 Å². The molecule has 0 N–H and O–H groups in total. The zero-order valence-electron chi connectivity index (χ0n) is 16.6. The topological polar surface area (TPSA) is 77.1 Å². The van der Waals surface area contributed by atoms with Crippen LogP contribution in [0.4, 0.5) is 5.69 Å². The van der Waals surface area contributed by atoms with E-state index in [-0.39, 0.29) is 11.8 Å². The highest BCUT2D eigenvalue weighted by molar-refractivity contribution is 5.96. The summed E-state index contributed by atoms with van der Waals surface area (Å²) < 4.78 is 7.49. The lowest BCUT2D eigenvalue weighted by atomic mass is 10.1. The van der Waals surface area contributed by atoms with Gasteiger partial charge in [-0.2, -0.15) is 4.98 Å². The third-order valence-corrected chi connectivity index (χ3v) is 5.70. The van der Waals surface area contributed by atoms with Crippen LogP contribution in [0.1, 0.15) is 29.4 Å². The van der Waals surface area contributed by atoms with Gasteiger partial charge < -0.3 is 14.0 Å². The SMILES string of the molecule is Cc1ccc(N2CC(c3nc(-c4ccc5c(c4)ncn5C)no3)CC2=O)cc1C. The first kappa shape index (κ1) is 17.6. The fourth-order valence-corrected chi connectivity index (χ4v) is 3.81. The van der Waals surface area contributed by atoms with Crippen molar-refractivity contribution in [3.05, 3.63) is 59.7 Å². The average molecular weight is 387 g/mol. The monoisotopic (exact) mass is 387 g/mol. The van der Waals surface area contributed by atoms with Crippen molar-refractivity contribution >= 4 is 22.6 Å². The van der Waals surface area contributed by atoms with Gasteiger partial charge in [0.25, 0.3) is 0 Å². The Morgan fingerprint density at radius 3 is 2.79 bits per heavy atom. The third kappa shape index (κ3) is 2.99. The number of hydrogen-bond donors (Lipinski definition) is 0. The maximum atomic E-state index is 12.6. The molecule has 1 saturated heterocycles. The standard InChI is InChI=1S/C22H21N5O2/c1-13-4-6-17(8-14(13)2)27-11-16(10-20(27)28)22-24-21(25-29-22)15-5-7-19-18(9-15)23-12-26(19)3/h4-9,12,16H,10-11H2,1-3H3. The number of carbonyl (C=O) groups is 1. The molecule has 1 aliphatic rings. The number of aryl methyl sites for hydroxylation is 3. The summed E-state index contributed by atoms with van der Waals surface area (Å²) in [5.74, 6) is 0.988. The van der Waals surface area contributed by atoms with Crippen LogP contribution in [0.2, 0.25) is 0 Å². The smallest absolute Gasteiger partial charge is 0.232 e. The number of benzene rings is 2. The van der Waals surface area contributed by atoms with Gasteiger partial charge in [0.15, 0.2) is 0 Å². The van der Waals surface area contributed by atoms with E-state index in [9.17, 15) is 4.79 Å². The highest BCUT2D eigenvalue weighted by Crippen LogP contribution is 2.33. The molecule has 0 aliphatic carbocycles. The lowest BCUT2D eigenvalue weighted by Crippen LogP contribution is -2.24. The molecule has 1 fully saturated rings. The molecule has 146 valence electrons. The Morgan fingerprint density at radius 1 is 1.10 bits per heavy atom. The number of rotatable bonds is 3. The Bertz CT molecular complexity index is 1240. The quantitative estimate of drug-likeness (QED) is 0.535. The number of hydrogen-bond acceptors (Lipinski definition) is 5. The van der Waals surface area contributed by atoms with E-state index in [1.54, 1.807) is 11.2 Å². The first-order valence-corrected chi connectivity index (χ1v) is 9.62. The van der Waals surface area contributed by atoms with Gasteiger partial charge in [0.1, 0.15) is 0 Å². The van der Waals surface area contributed by atoms with Crippen LogP contribution in [0.15, 0.2) is 47.2 Å². The number of imidazole rings is 1. The van der Waals surface area contributed by atoms with E-state index in [0.717, 1.165) is 22.3 Å². The summed E-state index contributed by atoms with van der Waals surface area (Å²) in [6, 6.07) is 12.0. The molecule has 0 bridgehead atoms. The Labute approximate surface area is 168 Å². The van der Waals surface area contributed by atoms with E-state index < -0.39 is 0 Å². The predicted molar refractivity (Wildman–Crippen MR) is 110 cm³/mol. The molecule has 29 heavy (non-hydrogen) atoms. The zero-order chi connectivity index (χ0) is 20.1. The lowest BCUT2D eigenvalue weighted by Gasteiger charge is -2.17. The maximum Gasteiger partial charge on any atom is 0.232 e. The van der Waals surface area contributed by atoms with E-state index in [1.165, 1.54) is 11.1 Å². The Kier molecular flexibility index (Phi) is 3.97. The van der Waals surface area contributed by atoms with Gasteiger partial charge in [0, 0.05) is 31.3 Å². The van der Waals surface area contributed by atoms with Crippen LogP contribution in [0.3, 0.4) is 0 Å². The van der Waals surface area contributed by atoms with E-state index in [4.69, 9.17) is 4.52 Å². The lowest BCUT2D eigenvalue weighted by molar-refractivity contribution is -0.117. The van der Waals surface area contributed by atoms with Crippen molar-refractivity contribution in [1.29, 1.82) is 0 Å². The number of carbonyl (C=O) groups excluding carboxylic acids is 1. The van der Waals surface area contributed by atoms with Gasteiger partial charge in [-0.15, -0.1) is 0 Å². The van der Waals surface area contributed by atoms with E-state index >= 15 is 0 Å². The van der Waals surface area contributed by atoms with Gasteiger partial charge in [0.05, 0.1) is 23.3 Å². The first-order valence-electron chi connectivity index (χ1n) is 9.62. The molecule has 1 amide bonds. The van der Waals surface area contributed by atoms with Crippen LogP contribution in [-0.4, -0.2) is 32.1 Å². The molecule has 0 saturated carbocycles. The highest BCUT2D eigenvalue weighted by atomic mass is 16.5. The minimum atomic E-state index is -0.107. The number of amides is 1. The molecule has 2 aromatic carbocycles. The molecule has 3 heterocycles. The first-order chi connectivity index (χ1) is 14.0.